The highest BCUT2D eigenvalue weighted by atomic mass is 16.1. The molecule has 2 N–H and O–H groups in total. The number of hydrogen-bond donors (Lipinski definition) is 1. The van der Waals surface area contributed by atoms with E-state index in [-0.39, 0.29) is 11.7 Å². The van der Waals surface area contributed by atoms with E-state index in [2.05, 4.69) is 18.0 Å². The highest BCUT2D eigenvalue weighted by molar-refractivity contribution is 5.32. The van der Waals surface area contributed by atoms with Crippen LogP contribution < -0.4 is 11.4 Å². The van der Waals surface area contributed by atoms with Crippen LogP contribution in [0.15, 0.2) is 35.4 Å². The first-order valence-electron chi connectivity index (χ1n) is 6.33. The predicted molar refractivity (Wildman–Crippen MR) is 76.1 cm³/mol. The van der Waals surface area contributed by atoms with Crippen LogP contribution >= 0.6 is 0 Å². The van der Waals surface area contributed by atoms with Gasteiger partial charge in [0.2, 0.25) is 0 Å². The Morgan fingerprint density at radius 3 is 2.68 bits per heavy atom. The minimum absolute atomic E-state index is 0.207. The summed E-state index contributed by atoms with van der Waals surface area (Å²) in [5.41, 5.74) is 10.3. The topological polar surface area (TPSA) is 60.9 Å². The summed E-state index contributed by atoms with van der Waals surface area (Å²) in [6, 6.07) is 5.97. The zero-order valence-electron chi connectivity index (χ0n) is 11.6. The summed E-state index contributed by atoms with van der Waals surface area (Å²) in [7, 11) is 0. The van der Waals surface area contributed by atoms with Gasteiger partial charge in [-0.15, -0.1) is 0 Å². The van der Waals surface area contributed by atoms with Crippen molar-refractivity contribution in [2.24, 2.45) is 5.73 Å². The van der Waals surface area contributed by atoms with Gasteiger partial charge in [-0.3, -0.25) is 4.57 Å². The fourth-order valence-corrected chi connectivity index (χ4v) is 2.25. The Morgan fingerprint density at radius 2 is 2.00 bits per heavy atom. The van der Waals surface area contributed by atoms with Crippen molar-refractivity contribution < 1.29 is 0 Å². The Kier molecular flexibility index (Phi) is 3.81. The van der Waals surface area contributed by atoms with E-state index in [0.29, 0.717) is 6.54 Å². The quantitative estimate of drug-likeness (QED) is 0.913. The van der Waals surface area contributed by atoms with Crippen molar-refractivity contribution in [3.63, 3.8) is 0 Å². The number of nitrogens with zero attached hydrogens (tertiary/aromatic N) is 2. The molecule has 0 aliphatic heterocycles. The van der Waals surface area contributed by atoms with Crippen molar-refractivity contribution >= 4 is 0 Å². The Balaban J connectivity index is 2.28. The normalized spacial score (nSPS) is 12.4. The average Bonchev–Trinajstić information content (AvgIpc) is 2.33. The van der Waals surface area contributed by atoms with Gasteiger partial charge in [-0.25, -0.2) is 9.78 Å². The van der Waals surface area contributed by atoms with Gasteiger partial charge < -0.3 is 5.73 Å². The van der Waals surface area contributed by atoms with Gasteiger partial charge in [0.15, 0.2) is 0 Å². The third-order valence-corrected chi connectivity index (χ3v) is 3.20. The molecule has 0 aliphatic carbocycles. The molecule has 19 heavy (non-hydrogen) atoms. The maximum Gasteiger partial charge on any atom is 0.347 e. The second-order valence-corrected chi connectivity index (χ2v) is 5.03. The number of aryl methyl sites for hydroxylation is 3. The molecule has 0 aliphatic rings. The second-order valence-electron chi connectivity index (χ2n) is 5.03. The first kappa shape index (κ1) is 13.5. The van der Waals surface area contributed by atoms with E-state index >= 15 is 0 Å². The molecule has 100 valence electrons. The number of hydrogen-bond acceptors (Lipinski definition) is 3. The van der Waals surface area contributed by atoms with Crippen LogP contribution in [0.4, 0.5) is 0 Å². The molecule has 2 aromatic rings. The van der Waals surface area contributed by atoms with Gasteiger partial charge in [0.25, 0.3) is 0 Å². The van der Waals surface area contributed by atoms with Crippen LogP contribution in [-0.2, 0) is 6.54 Å². The molecule has 0 radical (unpaired) electrons. The maximum absolute atomic E-state index is 11.7. The molecule has 4 heteroatoms. The van der Waals surface area contributed by atoms with Crippen LogP contribution in [0.3, 0.4) is 0 Å². The van der Waals surface area contributed by atoms with E-state index in [1.807, 2.05) is 26.0 Å². The Bertz CT molecular complexity index is 646. The Morgan fingerprint density at radius 1 is 1.26 bits per heavy atom. The summed E-state index contributed by atoms with van der Waals surface area (Å²) in [4.78, 5) is 15.5. The van der Waals surface area contributed by atoms with E-state index in [4.69, 9.17) is 5.73 Å². The van der Waals surface area contributed by atoms with Crippen LogP contribution in [0.1, 0.15) is 28.3 Å². The van der Waals surface area contributed by atoms with Crippen LogP contribution in [0.2, 0.25) is 0 Å². The third kappa shape index (κ3) is 3.09. The van der Waals surface area contributed by atoms with Crippen molar-refractivity contribution in [2.45, 2.75) is 33.4 Å². The van der Waals surface area contributed by atoms with E-state index in [1.165, 1.54) is 5.56 Å². The third-order valence-electron chi connectivity index (χ3n) is 3.20. The van der Waals surface area contributed by atoms with Crippen molar-refractivity contribution in [1.82, 2.24) is 9.55 Å². The summed E-state index contributed by atoms with van der Waals surface area (Å²) >= 11 is 0. The van der Waals surface area contributed by atoms with Crippen molar-refractivity contribution in [1.29, 1.82) is 0 Å². The summed E-state index contributed by atoms with van der Waals surface area (Å²) in [6.07, 6.45) is 3.36. The Hall–Kier alpha value is -1.94. The molecule has 1 aromatic heterocycles. The van der Waals surface area contributed by atoms with E-state index in [9.17, 15) is 4.79 Å². The molecule has 1 aromatic carbocycles. The fourth-order valence-electron chi connectivity index (χ4n) is 2.25. The van der Waals surface area contributed by atoms with E-state index in [1.54, 1.807) is 17.0 Å². The lowest BCUT2D eigenvalue weighted by molar-refractivity contribution is 0.547. The monoisotopic (exact) mass is 257 g/mol. The van der Waals surface area contributed by atoms with Crippen LogP contribution in [0.25, 0.3) is 0 Å². The number of nitrogens with two attached hydrogens (primary N) is 1. The van der Waals surface area contributed by atoms with Gasteiger partial charge in [-0.05, 0) is 37.5 Å². The molecule has 2 rings (SSSR count). The average molecular weight is 257 g/mol. The first-order chi connectivity index (χ1) is 8.97. The lowest BCUT2D eigenvalue weighted by atomic mass is 10.00. The molecule has 4 nitrogen and oxygen atoms in total. The van der Waals surface area contributed by atoms with Crippen molar-refractivity contribution in [3.05, 3.63) is 63.3 Å². The molecule has 0 saturated carbocycles. The van der Waals surface area contributed by atoms with Crippen LogP contribution in [0.5, 0.6) is 0 Å². The fraction of sp³-hybridized carbons (Fsp3) is 0.333. The van der Waals surface area contributed by atoms with Gasteiger partial charge in [0.05, 0.1) is 0 Å². The molecule has 1 unspecified atom stereocenters. The highest BCUT2D eigenvalue weighted by Crippen LogP contribution is 2.18. The number of rotatable bonds is 3. The predicted octanol–water partition coefficient (Wildman–Crippen LogP) is 1.87. The van der Waals surface area contributed by atoms with Crippen molar-refractivity contribution in [3.8, 4) is 0 Å². The molecule has 0 amide bonds. The smallest absolute Gasteiger partial charge is 0.322 e. The summed E-state index contributed by atoms with van der Waals surface area (Å²) < 4.78 is 1.57. The lowest BCUT2D eigenvalue weighted by Gasteiger charge is -2.16. The molecule has 0 saturated heterocycles. The molecule has 1 heterocycles. The summed E-state index contributed by atoms with van der Waals surface area (Å²) in [5, 5.41) is 0. The zero-order chi connectivity index (χ0) is 14.0. The molecule has 0 bridgehead atoms. The minimum atomic E-state index is -0.259. The summed E-state index contributed by atoms with van der Waals surface area (Å²) in [6.45, 7) is 6.44. The second kappa shape index (κ2) is 5.36. The lowest BCUT2D eigenvalue weighted by Crippen LogP contribution is -2.28. The molecule has 1 atom stereocenters. The van der Waals surface area contributed by atoms with E-state index in [0.717, 1.165) is 16.7 Å². The largest absolute Gasteiger partial charge is 0.347 e. The molecular weight excluding hydrogens is 238 g/mol. The minimum Gasteiger partial charge on any atom is -0.322 e. The van der Waals surface area contributed by atoms with Crippen LogP contribution in [0, 0.1) is 20.8 Å². The standard InChI is InChI=1S/C15H19N3O/c1-10-4-5-13(12(3)6-10)14(16)9-18-8-11(2)7-17-15(18)19/h4-8,14H,9,16H2,1-3H3. The molecule has 0 spiro atoms. The van der Waals surface area contributed by atoms with Gasteiger partial charge in [0, 0.05) is 25.0 Å². The summed E-state index contributed by atoms with van der Waals surface area (Å²) in [5.74, 6) is 0. The molecule has 0 fully saturated rings. The van der Waals surface area contributed by atoms with Crippen LogP contribution in [-0.4, -0.2) is 9.55 Å². The maximum atomic E-state index is 11.7. The first-order valence-corrected chi connectivity index (χ1v) is 6.33. The van der Waals surface area contributed by atoms with Gasteiger partial charge in [0.1, 0.15) is 0 Å². The highest BCUT2D eigenvalue weighted by Gasteiger charge is 2.11. The SMILES string of the molecule is Cc1ccc(C(N)Cn2cc(C)cnc2=O)c(C)c1. The van der Waals surface area contributed by atoms with Crippen molar-refractivity contribution in [2.75, 3.05) is 0 Å². The van der Waals surface area contributed by atoms with E-state index < -0.39 is 0 Å². The van der Waals surface area contributed by atoms with Gasteiger partial charge >= 0.3 is 5.69 Å². The number of aromatic nitrogens is 2. The van der Waals surface area contributed by atoms with Gasteiger partial charge in [-0.1, -0.05) is 23.8 Å². The van der Waals surface area contributed by atoms with Gasteiger partial charge in [-0.2, -0.15) is 0 Å². The molecular formula is C15H19N3O. The zero-order valence-corrected chi connectivity index (χ0v) is 11.6. The number of benzene rings is 1. The Labute approximate surface area is 112 Å².